The number of amides is 1. The zero-order chi connectivity index (χ0) is 20.5. The highest BCUT2D eigenvalue weighted by Crippen LogP contribution is 2.28. The van der Waals surface area contributed by atoms with E-state index in [0.717, 1.165) is 34.7 Å². The Bertz CT molecular complexity index is 1180. The number of aryl methyl sites for hydroxylation is 1. The van der Waals surface area contributed by atoms with Gasteiger partial charge in [-0.2, -0.15) is 5.10 Å². The standard InChI is InChI=1S/C22H22N6O2/c1-14-23-21(27-26-14)20-17(11-12-30-20)24-19(29)13-28-18-10-6-5-9-16(18)25-22(28)15-7-3-2-4-8-15/h2-10,17,20H,11-13H2,1H3,(H,24,29)(H,23,26,27)/t17-,20+/m0/s1. The topological polar surface area (TPSA) is 97.7 Å². The van der Waals surface area contributed by atoms with Crippen molar-refractivity contribution in [1.82, 2.24) is 30.0 Å². The molecule has 1 aliphatic heterocycles. The second-order valence-corrected chi connectivity index (χ2v) is 7.41. The molecule has 1 aliphatic rings. The fourth-order valence-electron chi connectivity index (χ4n) is 3.92. The van der Waals surface area contributed by atoms with Crippen LogP contribution in [0.2, 0.25) is 0 Å². The van der Waals surface area contributed by atoms with E-state index in [2.05, 4.69) is 20.5 Å². The Morgan fingerprint density at radius 1 is 1.17 bits per heavy atom. The highest BCUT2D eigenvalue weighted by molar-refractivity contribution is 5.84. The number of para-hydroxylation sites is 2. The molecule has 0 aliphatic carbocycles. The zero-order valence-electron chi connectivity index (χ0n) is 16.6. The molecule has 1 saturated heterocycles. The van der Waals surface area contributed by atoms with E-state index < -0.39 is 0 Å². The largest absolute Gasteiger partial charge is 0.368 e. The van der Waals surface area contributed by atoms with E-state index >= 15 is 0 Å². The SMILES string of the molecule is Cc1nc([C@@H]2OCC[C@@H]2NC(=O)Cn2c(-c3ccccc3)nc3ccccc32)n[nH]1. The normalized spacial score (nSPS) is 18.7. The number of hydrogen-bond acceptors (Lipinski definition) is 5. The molecule has 4 aromatic rings. The maximum atomic E-state index is 13.0. The third-order valence-electron chi connectivity index (χ3n) is 5.30. The molecule has 152 valence electrons. The third kappa shape index (κ3) is 3.46. The van der Waals surface area contributed by atoms with Gasteiger partial charge in [0.1, 0.15) is 24.3 Å². The predicted octanol–water partition coefficient (Wildman–Crippen LogP) is 2.78. The number of rotatable bonds is 5. The number of fused-ring (bicyclic) bond motifs is 1. The van der Waals surface area contributed by atoms with E-state index in [9.17, 15) is 4.79 Å². The summed E-state index contributed by atoms with van der Waals surface area (Å²) in [5, 5.41) is 10.1. The van der Waals surface area contributed by atoms with Gasteiger partial charge in [-0.3, -0.25) is 9.89 Å². The van der Waals surface area contributed by atoms with Crippen LogP contribution in [0.25, 0.3) is 22.4 Å². The highest BCUT2D eigenvalue weighted by atomic mass is 16.5. The molecule has 0 spiro atoms. The van der Waals surface area contributed by atoms with E-state index in [4.69, 9.17) is 9.72 Å². The van der Waals surface area contributed by atoms with E-state index in [0.29, 0.717) is 12.4 Å². The average Bonchev–Trinajstić information content (AvgIpc) is 3.48. The molecule has 3 heterocycles. The minimum absolute atomic E-state index is 0.0944. The lowest BCUT2D eigenvalue weighted by molar-refractivity contribution is -0.122. The van der Waals surface area contributed by atoms with Crippen molar-refractivity contribution in [1.29, 1.82) is 0 Å². The number of ether oxygens (including phenoxy) is 1. The molecular weight excluding hydrogens is 380 g/mol. The number of hydrogen-bond donors (Lipinski definition) is 2. The van der Waals surface area contributed by atoms with Crippen LogP contribution in [0.1, 0.15) is 24.2 Å². The molecule has 2 atom stereocenters. The molecular formula is C22H22N6O2. The van der Waals surface area contributed by atoms with Crippen molar-refractivity contribution < 1.29 is 9.53 Å². The van der Waals surface area contributed by atoms with Crippen molar-refractivity contribution in [2.24, 2.45) is 0 Å². The number of H-pyrrole nitrogens is 1. The molecule has 5 rings (SSSR count). The van der Waals surface area contributed by atoms with Crippen molar-refractivity contribution in [2.45, 2.75) is 32.0 Å². The van der Waals surface area contributed by atoms with E-state index in [1.54, 1.807) is 0 Å². The van der Waals surface area contributed by atoms with Gasteiger partial charge in [-0.25, -0.2) is 9.97 Å². The van der Waals surface area contributed by atoms with Crippen LogP contribution in [0, 0.1) is 6.92 Å². The van der Waals surface area contributed by atoms with Crippen LogP contribution in [0.15, 0.2) is 54.6 Å². The quantitative estimate of drug-likeness (QED) is 0.535. The molecule has 8 nitrogen and oxygen atoms in total. The summed E-state index contributed by atoms with van der Waals surface area (Å²) >= 11 is 0. The van der Waals surface area contributed by atoms with Crippen LogP contribution in [-0.4, -0.2) is 43.3 Å². The van der Waals surface area contributed by atoms with Gasteiger partial charge < -0.3 is 14.6 Å². The molecule has 1 fully saturated rings. The summed E-state index contributed by atoms with van der Waals surface area (Å²) in [5.41, 5.74) is 2.76. The lowest BCUT2D eigenvalue weighted by atomic mass is 10.1. The Kier molecular flexibility index (Phi) is 4.76. The smallest absolute Gasteiger partial charge is 0.240 e. The fraction of sp³-hybridized carbons (Fsp3) is 0.273. The fourth-order valence-corrected chi connectivity index (χ4v) is 3.92. The van der Waals surface area contributed by atoms with Gasteiger partial charge in [0.15, 0.2) is 5.82 Å². The predicted molar refractivity (Wildman–Crippen MR) is 112 cm³/mol. The van der Waals surface area contributed by atoms with Crippen molar-refractivity contribution in [2.75, 3.05) is 6.61 Å². The Balaban J connectivity index is 1.41. The zero-order valence-corrected chi connectivity index (χ0v) is 16.6. The maximum Gasteiger partial charge on any atom is 0.240 e. The van der Waals surface area contributed by atoms with Gasteiger partial charge in [-0.15, -0.1) is 0 Å². The molecule has 30 heavy (non-hydrogen) atoms. The molecule has 0 radical (unpaired) electrons. The molecule has 1 amide bonds. The molecule has 8 heteroatoms. The summed E-state index contributed by atoms with van der Waals surface area (Å²) in [6, 6.07) is 17.6. The van der Waals surface area contributed by atoms with Crippen LogP contribution in [-0.2, 0) is 16.1 Å². The number of aromatic amines is 1. The van der Waals surface area contributed by atoms with Crippen molar-refractivity contribution >= 4 is 16.9 Å². The Hall–Kier alpha value is -3.52. The molecule has 0 bridgehead atoms. The van der Waals surface area contributed by atoms with Gasteiger partial charge in [0.05, 0.1) is 17.1 Å². The van der Waals surface area contributed by atoms with Crippen molar-refractivity contribution in [3.05, 3.63) is 66.2 Å². The highest BCUT2D eigenvalue weighted by Gasteiger charge is 2.34. The van der Waals surface area contributed by atoms with Gasteiger partial charge in [0.25, 0.3) is 0 Å². The monoisotopic (exact) mass is 402 g/mol. The number of aromatic nitrogens is 5. The summed E-state index contributed by atoms with van der Waals surface area (Å²) < 4.78 is 7.75. The first-order valence-corrected chi connectivity index (χ1v) is 9.99. The summed E-state index contributed by atoms with van der Waals surface area (Å²) in [6.07, 6.45) is 0.382. The summed E-state index contributed by atoms with van der Waals surface area (Å²) in [4.78, 5) is 22.1. The van der Waals surface area contributed by atoms with E-state index in [1.807, 2.05) is 66.1 Å². The minimum atomic E-state index is -0.341. The number of nitrogens with zero attached hydrogens (tertiary/aromatic N) is 4. The maximum absolute atomic E-state index is 13.0. The molecule has 0 unspecified atom stereocenters. The van der Waals surface area contributed by atoms with Crippen LogP contribution < -0.4 is 5.32 Å². The van der Waals surface area contributed by atoms with Crippen LogP contribution >= 0.6 is 0 Å². The van der Waals surface area contributed by atoms with Crippen LogP contribution in [0.5, 0.6) is 0 Å². The van der Waals surface area contributed by atoms with Gasteiger partial charge in [0.2, 0.25) is 5.91 Å². The number of carbonyl (C=O) groups is 1. The molecule has 2 aromatic carbocycles. The number of imidazole rings is 1. The lowest BCUT2D eigenvalue weighted by Crippen LogP contribution is -2.39. The van der Waals surface area contributed by atoms with Crippen molar-refractivity contribution in [3.8, 4) is 11.4 Å². The first kappa shape index (κ1) is 18.5. The molecule has 0 saturated carbocycles. The number of nitrogens with one attached hydrogen (secondary N) is 2. The summed E-state index contributed by atoms with van der Waals surface area (Å²) in [5.74, 6) is 1.98. The molecule has 2 N–H and O–H groups in total. The minimum Gasteiger partial charge on any atom is -0.368 e. The Morgan fingerprint density at radius 3 is 2.77 bits per heavy atom. The first-order valence-electron chi connectivity index (χ1n) is 9.99. The average molecular weight is 402 g/mol. The third-order valence-corrected chi connectivity index (χ3v) is 5.30. The first-order chi connectivity index (χ1) is 14.7. The number of benzene rings is 2. The van der Waals surface area contributed by atoms with Gasteiger partial charge in [-0.05, 0) is 25.5 Å². The summed E-state index contributed by atoms with van der Waals surface area (Å²) in [6.45, 7) is 2.57. The second kappa shape index (κ2) is 7.72. The Morgan fingerprint density at radius 2 is 1.97 bits per heavy atom. The summed E-state index contributed by atoms with van der Waals surface area (Å²) in [7, 11) is 0. The van der Waals surface area contributed by atoms with Gasteiger partial charge >= 0.3 is 0 Å². The molecule has 2 aromatic heterocycles. The van der Waals surface area contributed by atoms with E-state index in [-0.39, 0.29) is 24.6 Å². The van der Waals surface area contributed by atoms with Gasteiger partial charge in [0, 0.05) is 12.2 Å². The Labute approximate surface area is 173 Å². The van der Waals surface area contributed by atoms with Crippen LogP contribution in [0.3, 0.4) is 0 Å². The van der Waals surface area contributed by atoms with E-state index in [1.165, 1.54) is 0 Å². The van der Waals surface area contributed by atoms with Gasteiger partial charge in [-0.1, -0.05) is 42.5 Å². The van der Waals surface area contributed by atoms with Crippen molar-refractivity contribution in [3.63, 3.8) is 0 Å². The lowest BCUT2D eigenvalue weighted by Gasteiger charge is -2.18. The number of carbonyl (C=O) groups excluding carboxylic acids is 1. The second-order valence-electron chi connectivity index (χ2n) is 7.41. The van der Waals surface area contributed by atoms with Crippen LogP contribution in [0.4, 0.5) is 0 Å².